The first-order valence-corrected chi connectivity index (χ1v) is 9.27. The topological polar surface area (TPSA) is 148 Å². The van der Waals surface area contributed by atoms with Gasteiger partial charge < -0.3 is 16.8 Å². The summed E-state index contributed by atoms with van der Waals surface area (Å²) >= 11 is 0. The first kappa shape index (κ1) is 18.1. The second kappa shape index (κ2) is 6.22. The van der Waals surface area contributed by atoms with Crippen LogP contribution in [0.3, 0.4) is 0 Å². The van der Waals surface area contributed by atoms with E-state index >= 15 is 0 Å². The van der Waals surface area contributed by atoms with Crippen molar-refractivity contribution >= 4 is 44.1 Å². The third-order valence-corrected chi connectivity index (χ3v) is 6.16. The van der Waals surface area contributed by atoms with Crippen LogP contribution in [-0.4, -0.2) is 43.6 Å². The summed E-state index contributed by atoms with van der Waals surface area (Å²) in [5.41, 5.74) is 11.4. The van der Waals surface area contributed by atoms with Crippen LogP contribution in [0, 0.1) is 11.8 Å². The molecule has 9 nitrogen and oxygen atoms in total. The highest BCUT2D eigenvalue weighted by Gasteiger charge is 2.47. The Morgan fingerprint density at radius 1 is 1.23 bits per heavy atom. The Kier molecular flexibility index (Phi) is 4.32. The monoisotopic (exact) mass is 377 g/mol. The number of nitrogens with two attached hydrogens (primary N) is 2. The Labute approximate surface area is 150 Å². The summed E-state index contributed by atoms with van der Waals surface area (Å²) < 4.78 is 25.8. The van der Waals surface area contributed by atoms with Crippen molar-refractivity contribution in [2.24, 2.45) is 17.6 Å². The van der Waals surface area contributed by atoms with Crippen LogP contribution < -0.4 is 16.8 Å². The van der Waals surface area contributed by atoms with Crippen LogP contribution >= 0.6 is 0 Å². The zero-order chi connectivity index (χ0) is 19.2. The lowest BCUT2D eigenvalue weighted by molar-refractivity contribution is -0.123. The van der Waals surface area contributed by atoms with E-state index in [4.69, 9.17) is 11.5 Å². The average Bonchev–Trinajstić information content (AvgIpc) is 3.35. The molecule has 2 amide bonds. The van der Waals surface area contributed by atoms with Crippen LogP contribution in [-0.2, 0) is 19.6 Å². The molecule has 2 aromatic rings. The second-order valence-electron chi connectivity index (χ2n) is 6.43. The molecule has 5 N–H and O–H groups in total. The number of nitrogens with zero attached hydrogens (tertiary/aromatic N) is 2. The van der Waals surface area contributed by atoms with Gasteiger partial charge in [-0.05, 0) is 30.0 Å². The molecule has 10 heteroatoms. The summed E-state index contributed by atoms with van der Waals surface area (Å²) in [4.78, 5) is 27.4. The minimum absolute atomic E-state index is 0.0481. The molecule has 0 radical (unpaired) electrons. The number of nitrogens with one attached hydrogen (secondary N) is 1. The van der Waals surface area contributed by atoms with Gasteiger partial charge in [0.25, 0.3) is 0 Å². The number of benzene rings is 1. The standard InChI is InChI=1S/C16H19N5O4S/c1-21(2)26(24,25)9-3-8-4-14(19-7-12(8)13(17)5-9)20-16(23)11-6-10(11)15(18)22/h3-5,7,10-11H,6,17H2,1-2H3,(H2,18,22)(H,19,20,23)/t10-,11-/m1/s1. The fourth-order valence-electron chi connectivity index (χ4n) is 2.70. The van der Waals surface area contributed by atoms with Crippen molar-refractivity contribution in [2.75, 3.05) is 25.1 Å². The molecule has 3 rings (SSSR count). The van der Waals surface area contributed by atoms with Crippen LogP contribution in [0.25, 0.3) is 10.8 Å². The third-order valence-electron chi connectivity index (χ3n) is 4.36. The van der Waals surface area contributed by atoms with Gasteiger partial charge in [-0.2, -0.15) is 0 Å². The number of fused-ring (bicyclic) bond motifs is 1. The lowest BCUT2D eigenvalue weighted by Crippen LogP contribution is -2.22. The van der Waals surface area contributed by atoms with Gasteiger partial charge in [0.1, 0.15) is 5.82 Å². The molecule has 2 atom stereocenters. The Morgan fingerprint density at radius 3 is 2.50 bits per heavy atom. The molecule has 1 aliphatic rings. The molecular weight excluding hydrogens is 358 g/mol. The maximum Gasteiger partial charge on any atom is 0.242 e. The first-order chi connectivity index (χ1) is 12.1. The van der Waals surface area contributed by atoms with Crippen LogP contribution in [0.2, 0.25) is 0 Å². The number of carbonyl (C=O) groups is 2. The molecule has 1 fully saturated rings. The van der Waals surface area contributed by atoms with Crippen LogP contribution in [0.4, 0.5) is 11.5 Å². The number of amides is 2. The molecule has 0 aliphatic heterocycles. The van der Waals surface area contributed by atoms with Crippen molar-refractivity contribution in [3.63, 3.8) is 0 Å². The molecule has 1 aliphatic carbocycles. The van der Waals surface area contributed by atoms with Crippen LogP contribution in [0.5, 0.6) is 0 Å². The fraction of sp³-hybridized carbons (Fsp3) is 0.312. The van der Waals surface area contributed by atoms with Crippen molar-refractivity contribution in [2.45, 2.75) is 11.3 Å². The summed E-state index contributed by atoms with van der Waals surface area (Å²) in [6, 6.07) is 4.39. The molecule has 1 aromatic heterocycles. The maximum absolute atomic E-state index is 12.3. The number of nitrogen functional groups attached to an aromatic ring is 1. The van der Waals surface area contributed by atoms with Gasteiger partial charge >= 0.3 is 0 Å². The highest BCUT2D eigenvalue weighted by atomic mass is 32.2. The lowest BCUT2D eigenvalue weighted by atomic mass is 10.1. The van der Waals surface area contributed by atoms with Gasteiger partial charge in [0, 0.05) is 31.4 Å². The van der Waals surface area contributed by atoms with Gasteiger partial charge in [0.05, 0.1) is 16.7 Å². The van der Waals surface area contributed by atoms with Gasteiger partial charge in [0.2, 0.25) is 21.8 Å². The number of rotatable bonds is 5. The zero-order valence-corrected chi connectivity index (χ0v) is 15.1. The van der Waals surface area contributed by atoms with E-state index in [0.29, 0.717) is 17.2 Å². The predicted octanol–water partition coefficient (Wildman–Crippen LogP) is 0.127. The summed E-state index contributed by atoms with van der Waals surface area (Å²) in [6.45, 7) is 0. The van der Waals surface area contributed by atoms with Crippen molar-refractivity contribution in [3.05, 3.63) is 24.4 Å². The molecule has 138 valence electrons. The zero-order valence-electron chi connectivity index (χ0n) is 14.3. The summed E-state index contributed by atoms with van der Waals surface area (Å²) in [5.74, 6) is -1.48. The lowest BCUT2D eigenvalue weighted by Gasteiger charge is -2.13. The average molecular weight is 377 g/mol. The van der Waals surface area contributed by atoms with E-state index in [2.05, 4.69) is 10.3 Å². The van der Waals surface area contributed by atoms with Gasteiger partial charge in [-0.15, -0.1) is 0 Å². The first-order valence-electron chi connectivity index (χ1n) is 7.83. The minimum Gasteiger partial charge on any atom is -0.398 e. The Bertz CT molecular complexity index is 1020. The normalized spacial score (nSPS) is 19.5. The molecule has 0 spiro atoms. The number of anilines is 2. The highest BCUT2D eigenvalue weighted by Crippen LogP contribution is 2.39. The van der Waals surface area contributed by atoms with Crippen molar-refractivity contribution in [1.29, 1.82) is 0 Å². The Hall–Kier alpha value is -2.72. The third kappa shape index (κ3) is 3.20. The molecule has 26 heavy (non-hydrogen) atoms. The largest absolute Gasteiger partial charge is 0.398 e. The Balaban J connectivity index is 1.93. The summed E-state index contributed by atoms with van der Waals surface area (Å²) in [6.07, 6.45) is 1.89. The van der Waals surface area contributed by atoms with Crippen molar-refractivity contribution < 1.29 is 18.0 Å². The van der Waals surface area contributed by atoms with Gasteiger partial charge in [-0.25, -0.2) is 17.7 Å². The number of primary amides is 1. The number of sulfonamides is 1. The maximum atomic E-state index is 12.3. The quantitative estimate of drug-likeness (QED) is 0.631. The molecule has 0 saturated heterocycles. The van der Waals surface area contributed by atoms with E-state index < -0.39 is 27.8 Å². The van der Waals surface area contributed by atoms with Gasteiger partial charge in [-0.1, -0.05) is 0 Å². The van der Waals surface area contributed by atoms with Crippen LogP contribution in [0.1, 0.15) is 6.42 Å². The fourth-order valence-corrected chi connectivity index (χ4v) is 3.68. The molecule has 1 heterocycles. The smallest absolute Gasteiger partial charge is 0.242 e. The number of pyridine rings is 1. The SMILES string of the molecule is CN(C)S(=O)(=O)c1cc(N)c2cnc(NC(=O)[C@@H]3C[C@H]3C(N)=O)cc2c1. The Morgan fingerprint density at radius 2 is 1.92 bits per heavy atom. The minimum atomic E-state index is -3.65. The molecule has 0 unspecified atom stereocenters. The van der Waals surface area contributed by atoms with Gasteiger partial charge in [0.15, 0.2) is 0 Å². The van der Waals surface area contributed by atoms with Crippen molar-refractivity contribution in [3.8, 4) is 0 Å². The highest BCUT2D eigenvalue weighted by molar-refractivity contribution is 7.89. The molecular formula is C16H19N5O4S. The molecule has 1 aromatic carbocycles. The number of hydrogen-bond acceptors (Lipinski definition) is 6. The van der Waals surface area contributed by atoms with Crippen LogP contribution in [0.15, 0.2) is 29.3 Å². The van der Waals surface area contributed by atoms with E-state index in [0.717, 1.165) is 4.31 Å². The van der Waals surface area contributed by atoms with E-state index in [1.807, 2.05) is 0 Å². The number of hydrogen-bond donors (Lipinski definition) is 3. The molecule has 1 saturated carbocycles. The van der Waals surface area contributed by atoms with E-state index in [9.17, 15) is 18.0 Å². The second-order valence-corrected chi connectivity index (χ2v) is 8.58. The summed E-state index contributed by atoms with van der Waals surface area (Å²) in [5, 5.41) is 3.72. The van der Waals surface area contributed by atoms with E-state index in [1.54, 1.807) is 6.07 Å². The number of carbonyl (C=O) groups excluding carboxylic acids is 2. The predicted molar refractivity (Wildman–Crippen MR) is 96.4 cm³/mol. The van der Waals surface area contributed by atoms with Gasteiger partial charge in [-0.3, -0.25) is 9.59 Å². The number of aromatic nitrogens is 1. The van der Waals surface area contributed by atoms with E-state index in [1.165, 1.54) is 32.4 Å². The molecule has 0 bridgehead atoms. The van der Waals surface area contributed by atoms with E-state index in [-0.39, 0.29) is 22.3 Å². The summed E-state index contributed by atoms with van der Waals surface area (Å²) in [7, 11) is -0.794. The van der Waals surface area contributed by atoms with Crippen molar-refractivity contribution in [1.82, 2.24) is 9.29 Å².